The van der Waals surface area contributed by atoms with Crippen LogP contribution in [0.15, 0.2) is 17.0 Å². The second-order valence-corrected chi connectivity index (χ2v) is 7.35. The van der Waals surface area contributed by atoms with Crippen LogP contribution in [0.5, 0.6) is 0 Å². The highest BCUT2D eigenvalue weighted by molar-refractivity contribution is 7.89. The standard InChI is InChI=1S/C14H22N2O2S/c1-9-6-13(15)7-10(2)14(9)19(17,18)16-8-11(3)12-4-5-12/h6-7,11-12,16H,4-5,8,15H2,1-3H3. The van der Waals surface area contributed by atoms with Crippen molar-refractivity contribution in [1.82, 2.24) is 4.72 Å². The van der Waals surface area contributed by atoms with Crippen molar-refractivity contribution in [2.75, 3.05) is 12.3 Å². The van der Waals surface area contributed by atoms with Crippen molar-refractivity contribution in [1.29, 1.82) is 0 Å². The third-order valence-electron chi connectivity index (χ3n) is 3.77. The molecule has 1 aliphatic carbocycles. The molecule has 1 unspecified atom stereocenters. The van der Waals surface area contributed by atoms with Crippen LogP contribution < -0.4 is 10.5 Å². The first kappa shape index (κ1) is 14.3. The first-order valence-electron chi connectivity index (χ1n) is 6.67. The Labute approximate surface area is 115 Å². The summed E-state index contributed by atoms with van der Waals surface area (Å²) in [6, 6.07) is 3.40. The van der Waals surface area contributed by atoms with E-state index in [2.05, 4.69) is 11.6 Å². The molecule has 0 spiro atoms. The van der Waals surface area contributed by atoms with Crippen LogP contribution in [0.2, 0.25) is 0 Å². The number of nitrogen functional groups attached to an aromatic ring is 1. The van der Waals surface area contributed by atoms with Gasteiger partial charge < -0.3 is 5.73 Å². The monoisotopic (exact) mass is 282 g/mol. The largest absolute Gasteiger partial charge is 0.399 e. The number of anilines is 1. The molecular weight excluding hydrogens is 260 g/mol. The second-order valence-electron chi connectivity index (χ2n) is 5.65. The van der Waals surface area contributed by atoms with Gasteiger partial charge in [-0.2, -0.15) is 0 Å². The number of hydrogen-bond donors (Lipinski definition) is 2. The van der Waals surface area contributed by atoms with Crippen molar-refractivity contribution in [3.05, 3.63) is 23.3 Å². The summed E-state index contributed by atoms with van der Waals surface area (Å²) in [5.41, 5.74) is 7.72. The lowest BCUT2D eigenvalue weighted by Crippen LogP contribution is -2.30. The fourth-order valence-electron chi connectivity index (χ4n) is 2.55. The number of hydrogen-bond acceptors (Lipinski definition) is 3. The topological polar surface area (TPSA) is 72.2 Å². The van der Waals surface area contributed by atoms with E-state index in [9.17, 15) is 8.42 Å². The van der Waals surface area contributed by atoms with Crippen molar-refractivity contribution in [3.63, 3.8) is 0 Å². The number of rotatable bonds is 5. The molecule has 0 aliphatic heterocycles. The fraction of sp³-hybridized carbons (Fsp3) is 0.571. The highest BCUT2D eigenvalue weighted by atomic mass is 32.2. The van der Waals surface area contributed by atoms with Gasteiger partial charge in [-0.15, -0.1) is 0 Å². The van der Waals surface area contributed by atoms with Crippen LogP contribution in [0.25, 0.3) is 0 Å². The normalized spacial score (nSPS) is 17.4. The van der Waals surface area contributed by atoms with Gasteiger partial charge in [0.05, 0.1) is 4.90 Å². The SMILES string of the molecule is Cc1cc(N)cc(C)c1S(=O)(=O)NCC(C)C1CC1. The van der Waals surface area contributed by atoms with E-state index >= 15 is 0 Å². The minimum Gasteiger partial charge on any atom is -0.399 e. The van der Waals surface area contributed by atoms with Crippen molar-refractivity contribution in [2.24, 2.45) is 11.8 Å². The highest BCUT2D eigenvalue weighted by Crippen LogP contribution is 2.36. The van der Waals surface area contributed by atoms with Crippen molar-refractivity contribution in [3.8, 4) is 0 Å². The molecule has 0 radical (unpaired) electrons. The molecule has 1 atom stereocenters. The number of benzene rings is 1. The highest BCUT2D eigenvalue weighted by Gasteiger charge is 2.29. The summed E-state index contributed by atoms with van der Waals surface area (Å²) < 4.78 is 27.5. The van der Waals surface area contributed by atoms with Gasteiger partial charge in [0.25, 0.3) is 0 Å². The smallest absolute Gasteiger partial charge is 0.241 e. The molecule has 106 valence electrons. The van der Waals surface area contributed by atoms with E-state index in [1.54, 1.807) is 26.0 Å². The zero-order chi connectivity index (χ0) is 14.2. The zero-order valence-electron chi connectivity index (χ0n) is 11.7. The number of nitrogens with one attached hydrogen (secondary N) is 1. The first-order chi connectivity index (χ1) is 8.81. The average Bonchev–Trinajstić information content (AvgIpc) is 3.07. The molecule has 0 heterocycles. The van der Waals surface area contributed by atoms with E-state index in [0.717, 1.165) is 0 Å². The quantitative estimate of drug-likeness (QED) is 0.813. The Bertz CT molecular complexity index is 554. The van der Waals surface area contributed by atoms with E-state index in [-0.39, 0.29) is 0 Å². The lowest BCUT2D eigenvalue weighted by atomic mass is 10.1. The molecule has 0 bridgehead atoms. The molecule has 1 fully saturated rings. The third-order valence-corrected chi connectivity index (χ3v) is 5.50. The predicted octanol–water partition coefficient (Wildman–Crippen LogP) is 2.21. The number of nitrogens with two attached hydrogens (primary N) is 1. The molecule has 0 saturated heterocycles. The Morgan fingerprint density at radius 2 is 1.84 bits per heavy atom. The van der Waals surface area contributed by atoms with Crippen LogP contribution >= 0.6 is 0 Å². The molecule has 1 aromatic rings. The molecule has 1 saturated carbocycles. The maximum Gasteiger partial charge on any atom is 0.241 e. The van der Waals surface area contributed by atoms with E-state index in [1.807, 2.05) is 0 Å². The number of sulfonamides is 1. The van der Waals surface area contributed by atoms with E-state index < -0.39 is 10.0 Å². The van der Waals surface area contributed by atoms with Crippen LogP contribution in [0.1, 0.15) is 30.9 Å². The third kappa shape index (κ3) is 3.28. The lowest BCUT2D eigenvalue weighted by molar-refractivity contribution is 0.491. The summed E-state index contributed by atoms with van der Waals surface area (Å²) in [6.45, 7) is 6.17. The molecule has 0 aromatic heterocycles. The van der Waals surface area contributed by atoms with Crippen LogP contribution in [0.3, 0.4) is 0 Å². The molecule has 3 N–H and O–H groups in total. The van der Waals surface area contributed by atoms with E-state index in [4.69, 9.17) is 5.73 Å². The van der Waals surface area contributed by atoms with Crippen LogP contribution in [-0.2, 0) is 10.0 Å². The van der Waals surface area contributed by atoms with Gasteiger partial charge in [0, 0.05) is 12.2 Å². The molecule has 1 aromatic carbocycles. The fourth-order valence-corrected chi connectivity index (χ4v) is 4.15. The Morgan fingerprint density at radius 1 is 1.32 bits per heavy atom. The van der Waals surface area contributed by atoms with Gasteiger partial charge in [0.2, 0.25) is 10.0 Å². The van der Waals surface area contributed by atoms with Crippen LogP contribution in [0, 0.1) is 25.7 Å². The van der Waals surface area contributed by atoms with E-state index in [0.29, 0.717) is 40.1 Å². The Hall–Kier alpha value is -1.07. The zero-order valence-corrected chi connectivity index (χ0v) is 12.5. The van der Waals surface area contributed by atoms with Crippen LogP contribution in [-0.4, -0.2) is 15.0 Å². The second kappa shape index (κ2) is 5.13. The number of aryl methyl sites for hydroxylation is 2. The summed E-state index contributed by atoms with van der Waals surface area (Å²) in [6.07, 6.45) is 2.45. The molecule has 2 rings (SSSR count). The molecule has 0 amide bonds. The van der Waals surface area contributed by atoms with Crippen LogP contribution in [0.4, 0.5) is 5.69 Å². The molecule has 4 nitrogen and oxygen atoms in total. The molecule has 19 heavy (non-hydrogen) atoms. The summed E-state index contributed by atoms with van der Waals surface area (Å²) in [5.74, 6) is 1.10. The summed E-state index contributed by atoms with van der Waals surface area (Å²) >= 11 is 0. The summed E-state index contributed by atoms with van der Waals surface area (Å²) in [5, 5.41) is 0. The van der Waals surface area contributed by atoms with Gasteiger partial charge in [0.15, 0.2) is 0 Å². The van der Waals surface area contributed by atoms with Crippen molar-refractivity contribution >= 4 is 15.7 Å². The maximum absolute atomic E-state index is 12.4. The van der Waals surface area contributed by atoms with Gasteiger partial charge in [-0.25, -0.2) is 13.1 Å². The van der Waals surface area contributed by atoms with Gasteiger partial charge in [-0.05, 0) is 61.8 Å². The average molecular weight is 282 g/mol. The molecule has 1 aliphatic rings. The van der Waals surface area contributed by atoms with Gasteiger partial charge in [0.1, 0.15) is 0 Å². The summed E-state index contributed by atoms with van der Waals surface area (Å²) in [4.78, 5) is 0.365. The Balaban J connectivity index is 2.19. The Kier molecular flexibility index (Phi) is 3.87. The molecular formula is C14H22N2O2S. The minimum atomic E-state index is -3.44. The van der Waals surface area contributed by atoms with E-state index in [1.165, 1.54) is 12.8 Å². The maximum atomic E-state index is 12.4. The first-order valence-corrected chi connectivity index (χ1v) is 8.16. The van der Waals surface area contributed by atoms with Crippen molar-refractivity contribution < 1.29 is 8.42 Å². The van der Waals surface area contributed by atoms with Gasteiger partial charge in [-0.3, -0.25) is 0 Å². The predicted molar refractivity (Wildman–Crippen MR) is 77.4 cm³/mol. The summed E-state index contributed by atoms with van der Waals surface area (Å²) in [7, 11) is -3.44. The van der Waals surface area contributed by atoms with Gasteiger partial charge in [-0.1, -0.05) is 6.92 Å². The Morgan fingerprint density at radius 3 is 2.32 bits per heavy atom. The minimum absolute atomic E-state index is 0.365. The lowest BCUT2D eigenvalue weighted by Gasteiger charge is -2.15. The molecule has 5 heteroatoms. The van der Waals surface area contributed by atoms with Gasteiger partial charge >= 0.3 is 0 Å². The van der Waals surface area contributed by atoms with Crippen molar-refractivity contribution in [2.45, 2.75) is 38.5 Å².